The van der Waals surface area contributed by atoms with E-state index in [0.717, 1.165) is 39.6 Å². The number of benzene rings is 2. The molecule has 112 valence electrons. The van der Waals surface area contributed by atoms with Gasteiger partial charge in [0.05, 0.1) is 0 Å². The first-order valence-corrected chi connectivity index (χ1v) is 8.14. The van der Waals surface area contributed by atoms with Crippen LogP contribution in [0.1, 0.15) is 19.4 Å². The van der Waals surface area contributed by atoms with Crippen molar-refractivity contribution in [2.24, 2.45) is 5.92 Å². The van der Waals surface area contributed by atoms with Crippen molar-refractivity contribution >= 4 is 27.5 Å². The topological polar surface area (TPSA) is 21.3 Å². The van der Waals surface area contributed by atoms with E-state index in [1.165, 1.54) is 0 Å². The average Bonchev–Trinajstić information content (AvgIpc) is 2.41. The van der Waals surface area contributed by atoms with E-state index in [-0.39, 0.29) is 0 Å². The van der Waals surface area contributed by atoms with Crippen LogP contribution in [0, 0.1) is 5.92 Å². The SMILES string of the molecule is CC(C)CNCc1ccc(Oc2cccc(Br)c2)cc1Cl. The molecule has 0 unspecified atom stereocenters. The van der Waals surface area contributed by atoms with Gasteiger partial charge in [0, 0.05) is 16.0 Å². The quantitative estimate of drug-likeness (QED) is 0.712. The minimum atomic E-state index is 0.628. The van der Waals surface area contributed by atoms with Crippen molar-refractivity contribution in [3.63, 3.8) is 0 Å². The molecule has 0 aliphatic heterocycles. The zero-order valence-corrected chi connectivity index (χ0v) is 14.5. The molecule has 4 heteroatoms. The fourth-order valence-corrected chi connectivity index (χ4v) is 2.51. The number of ether oxygens (including phenoxy) is 1. The molecular weight excluding hydrogens is 350 g/mol. The van der Waals surface area contributed by atoms with Gasteiger partial charge in [-0.1, -0.05) is 53.5 Å². The Balaban J connectivity index is 2.01. The molecule has 0 aromatic heterocycles. The lowest BCUT2D eigenvalue weighted by Crippen LogP contribution is -2.19. The molecule has 0 saturated heterocycles. The van der Waals surface area contributed by atoms with Crippen molar-refractivity contribution in [1.29, 1.82) is 0 Å². The van der Waals surface area contributed by atoms with Crippen LogP contribution in [0.2, 0.25) is 5.02 Å². The normalized spacial score (nSPS) is 10.9. The molecule has 0 heterocycles. The summed E-state index contributed by atoms with van der Waals surface area (Å²) < 4.78 is 6.79. The van der Waals surface area contributed by atoms with E-state index < -0.39 is 0 Å². The van der Waals surface area contributed by atoms with E-state index in [2.05, 4.69) is 35.1 Å². The molecule has 0 atom stereocenters. The first kappa shape index (κ1) is 16.3. The standard InChI is InChI=1S/C17H19BrClNO/c1-12(2)10-20-11-13-6-7-16(9-17(13)19)21-15-5-3-4-14(18)8-15/h3-9,12,20H,10-11H2,1-2H3. The van der Waals surface area contributed by atoms with E-state index >= 15 is 0 Å². The van der Waals surface area contributed by atoms with Crippen LogP contribution >= 0.6 is 27.5 Å². The lowest BCUT2D eigenvalue weighted by molar-refractivity contribution is 0.482. The van der Waals surface area contributed by atoms with Crippen LogP contribution < -0.4 is 10.1 Å². The molecule has 0 aliphatic carbocycles. The van der Waals surface area contributed by atoms with Gasteiger partial charge in [-0.15, -0.1) is 0 Å². The van der Waals surface area contributed by atoms with Gasteiger partial charge in [0.1, 0.15) is 11.5 Å². The van der Waals surface area contributed by atoms with Crippen LogP contribution in [0.15, 0.2) is 46.9 Å². The first-order valence-electron chi connectivity index (χ1n) is 6.97. The smallest absolute Gasteiger partial charge is 0.128 e. The Morgan fingerprint density at radius 2 is 1.90 bits per heavy atom. The molecule has 1 N–H and O–H groups in total. The summed E-state index contributed by atoms with van der Waals surface area (Å²) in [6.45, 7) is 6.12. The van der Waals surface area contributed by atoms with Crippen LogP contribution in [0.4, 0.5) is 0 Å². The highest BCUT2D eigenvalue weighted by atomic mass is 79.9. The van der Waals surface area contributed by atoms with E-state index in [1.54, 1.807) is 0 Å². The summed E-state index contributed by atoms with van der Waals surface area (Å²) >= 11 is 9.74. The van der Waals surface area contributed by atoms with Crippen molar-refractivity contribution in [3.05, 3.63) is 57.5 Å². The minimum absolute atomic E-state index is 0.628. The zero-order valence-electron chi connectivity index (χ0n) is 12.2. The number of nitrogens with one attached hydrogen (secondary N) is 1. The van der Waals surface area contributed by atoms with Crippen LogP contribution in [0.5, 0.6) is 11.5 Å². The summed E-state index contributed by atoms with van der Waals surface area (Å²) in [4.78, 5) is 0. The molecule has 2 nitrogen and oxygen atoms in total. The predicted molar refractivity (Wildman–Crippen MR) is 92.2 cm³/mol. The lowest BCUT2D eigenvalue weighted by Gasteiger charge is -2.11. The van der Waals surface area contributed by atoms with Gasteiger partial charge in [-0.05, 0) is 48.4 Å². The Morgan fingerprint density at radius 1 is 1.14 bits per heavy atom. The van der Waals surface area contributed by atoms with Crippen molar-refractivity contribution in [2.75, 3.05) is 6.54 Å². The lowest BCUT2D eigenvalue weighted by atomic mass is 10.2. The molecule has 2 aromatic carbocycles. The molecule has 0 bridgehead atoms. The maximum absolute atomic E-state index is 6.31. The van der Waals surface area contributed by atoms with Crippen LogP contribution in [0.3, 0.4) is 0 Å². The highest BCUT2D eigenvalue weighted by Crippen LogP contribution is 2.28. The molecule has 0 radical (unpaired) electrons. The number of hydrogen-bond acceptors (Lipinski definition) is 2. The van der Waals surface area contributed by atoms with Gasteiger partial charge < -0.3 is 10.1 Å². The van der Waals surface area contributed by atoms with Crippen molar-refractivity contribution in [1.82, 2.24) is 5.32 Å². The molecular formula is C17H19BrClNO. The summed E-state index contributed by atoms with van der Waals surface area (Å²) in [5, 5.41) is 4.11. The van der Waals surface area contributed by atoms with Gasteiger partial charge in [-0.2, -0.15) is 0 Å². The fourth-order valence-electron chi connectivity index (χ4n) is 1.90. The van der Waals surface area contributed by atoms with E-state index in [9.17, 15) is 0 Å². The Hall–Kier alpha value is -1.03. The van der Waals surface area contributed by atoms with Crippen LogP contribution in [-0.4, -0.2) is 6.54 Å². The Morgan fingerprint density at radius 3 is 2.57 bits per heavy atom. The summed E-state index contributed by atoms with van der Waals surface area (Å²) in [5.41, 5.74) is 1.08. The van der Waals surface area contributed by atoms with Gasteiger partial charge in [-0.25, -0.2) is 0 Å². The van der Waals surface area contributed by atoms with E-state index in [1.807, 2.05) is 42.5 Å². The highest BCUT2D eigenvalue weighted by Gasteiger charge is 2.04. The number of halogens is 2. The van der Waals surface area contributed by atoms with Gasteiger partial charge in [0.15, 0.2) is 0 Å². The largest absolute Gasteiger partial charge is 0.457 e. The molecule has 0 saturated carbocycles. The van der Waals surface area contributed by atoms with E-state index in [4.69, 9.17) is 16.3 Å². The number of hydrogen-bond donors (Lipinski definition) is 1. The first-order chi connectivity index (χ1) is 10.0. The Kier molecular flexibility index (Phi) is 6.09. The van der Waals surface area contributed by atoms with Gasteiger partial charge in [-0.3, -0.25) is 0 Å². The predicted octanol–water partition coefficient (Wildman–Crippen LogP) is 5.64. The van der Waals surface area contributed by atoms with Gasteiger partial charge in [0.2, 0.25) is 0 Å². The summed E-state index contributed by atoms with van der Waals surface area (Å²) in [6, 6.07) is 13.5. The van der Waals surface area contributed by atoms with Crippen molar-refractivity contribution < 1.29 is 4.74 Å². The molecule has 2 aromatic rings. The minimum Gasteiger partial charge on any atom is -0.457 e. The second-order valence-corrected chi connectivity index (χ2v) is 6.66. The third-order valence-electron chi connectivity index (χ3n) is 2.92. The van der Waals surface area contributed by atoms with Crippen molar-refractivity contribution in [2.45, 2.75) is 20.4 Å². The maximum Gasteiger partial charge on any atom is 0.128 e. The second-order valence-electron chi connectivity index (χ2n) is 5.34. The molecule has 21 heavy (non-hydrogen) atoms. The third kappa shape index (κ3) is 5.34. The fraction of sp³-hybridized carbons (Fsp3) is 0.294. The summed E-state index contributed by atoms with van der Waals surface area (Å²) in [5.74, 6) is 2.15. The Bertz CT molecular complexity index is 601. The van der Waals surface area contributed by atoms with Crippen LogP contribution in [-0.2, 0) is 6.54 Å². The van der Waals surface area contributed by atoms with Crippen LogP contribution in [0.25, 0.3) is 0 Å². The monoisotopic (exact) mass is 367 g/mol. The van der Waals surface area contributed by atoms with E-state index in [0.29, 0.717) is 5.92 Å². The number of rotatable bonds is 6. The summed E-state index contributed by atoms with van der Waals surface area (Å²) in [6.07, 6.45) is 0. The molecule has 2 rings (SSSR count). The van der Waals surface area contributed by atoms with Gasteiger partial charge >= 0.3 is 0 Å². The Labute approximate surface area is 139 Å². The highest BCUT2D eigenvalue weighted by molar-refractivity contribution is 9.10. The molecule has 0 aliphatic rings. The maximum atomic E-state index is 6.31. The molecule has 0 amide bonds. The molecule has 0 fully saturated rings. The molecule has 0 spiro atoms. The third-order valence-corrected chi connectivity index (χ3v) is 3.77. The van der Waals surface area contributed by atoms with Crippen molar-refractivity contribution in [3.8, 4) is 11.5 Å². The average molecular weight is 369 g/mol. The second kappa shape index (κ2) is 7.83. The summed E-state index contributed by atoms with van der Waals surface area (Å²) in [7, 11) is 0. The zero-order chi connectivity index (χ0) is 15.2. The van der Waals surface area contributed by atoms with Gasteiger partial charge in [0.25, 0.3) is 0 Å².